The van der Waals surface area contributed by atoms with Gasteiger partial charge in [0, 0.05) is 36.9 Å². The van der Waals surface area contributed by atoms with Crippen molar-refractivity contribution in [2.24, 2.45) is 0 Å². The predicted molar refractivity (Wildman–Crippen MR) is 113 cm³/mol. The Hall–Kier alpha value is -3.25. The summed E-state index contributed by atoms with van der Waals surface area (Å²) >= 11 is 6.47. The molecule has 2 heterocycles. The molecule has 0 aliphatic carbocycles. The summed E-state index contributed by atoms with van der Waals surface area (Å²) in [6, 6.07) is 13.2. The minimum absolute atomic E-state index is 0.0804. The molecule has 0 saturated heterocycles. The van der Waals surface area contributed by atoms with Crippen LogP contribution in [0.1, 0.15) is 5.69 Å². The maximum atomic E-state index is 12.5. The molecule has 142 valence electrons. The molecule has 0 aliphatic rings. The first-order valence-corrected chi connectivity index (χ1v) is 9.12. The standard InChI is InChI=1S/C21H19ClN4O2/c1-12-8-9-26(24-12)19-20(27)16-10-15(17(22)11-18(16)23-21(19)28)13-4-6-14(7-5-13)25(2)3/h4-11H,1-3H3,(H2,23,27,28). The van der Waals surface area contributed by atoms with Gasteiger partial charge in [-0.1, -0.05) is 23.7 Å². The Kier molecular flexibility index (Phi) is 4.35. The van der Waals surface area contributed by atoms with E-state index in [-0.39, 0.29) is 11.4 Å². The van der Waals surface area contributed by atoms with Crippen molar-refractivity contribution >= 4 is 28.2 Å². The predicted octanol–water partition coefficient (Wildman–Crippen LogP) is 4.11. The van der Waals surface area contributed by atoms with Crippen molar-refractivity contribution in [1.82, 2.24) is 14.8 Å². The number of aromatic hydroxyl groups is 1. The molecule has 7 heteroatoms. The van der Waals surface area contributed by atoms with Crippen molar-refractivity contribution in [3.05, 3.63) is 69.7 Å². The van der Waals surface area contributed by atoms with Crippen molar-refractivity contribution in [2.45, 2.75) is 6.92 Å². The number of hydrogen-bond donors (Lipinski definition) is 2. The van der Waals surface area contributed by atoms with Gasteiger partial charge in [0.15, 0.2) is 11.4 Å². The molecule has 0 atom stereocenters. The molecular weight excluding hydrogens is 376 g/mol. The summed E-state index contributed by atoms with van der Waals surface area (Å²) < 4.78 is 1.38. The van der Waals surface area contributed by atoms with Gasteiger partial charge in [0.1, 0.15) is 0 Å². The summed E-state index contributed by atoms with van der Waals surface area (Å²) in [6.45, 7) is 1.82. The number of aromatic nitrogens is 3. The molecule has 0 saturated carbocycles. The molecule has 0 bridgehead atoms. The van der Waals surface area contributed by atoms with Crippen molar-refractivity contribution in [2.75, 3.05) is 19.0 Å². The smallest absolute Gasteiger partial charge is 0.278 e. The van der Waals surface area contributed by atoms with E-state index in [1.165, 1.54) is 4.68 Å². The van der Waals surface area contributed by atoms with Crippen LogP contribution in [0.5, 0.6) is 5.75 Å². The van der Waals surface area contributed by atoms with Gasteiger partial charge in [-0.15, -0.1) is 0 Å². The highest BCUT2D eigenvalue weighted by atomic mass is 35.5. The lowest BCUT2D eigenvalue weighted by atomic mass is 10.0. The number of H-pyrrole nitrogens is 1. The minimum atomic E-state index is -0.438. The molecule has 2 N–H and O–H groups in total. The number of anilines is 1. The number of fused-ring (bicyclic) bond motifs is 1. The maximum Gasteiger partial charge on any atom is 0.278 e. The fourth-order valence-electron chi connectivity index (χ4n) is 3.20. The van der Waals surface area contributed by atoms with E-state index in [9.17, 15) is 9.90 Å². The van der Waals surface area contributed by atoms with Crippen LogP contribution in [0.2, 0.25) is 5.02 Å². The second kappa shape index (κ2) is 6.73. The lowest BCUT2D eigenvalue weighted by molar-refractivity contribution is 0.475. The number of hydrogen-bond acceptors (Lipinski definition) is 4. The van der Waals surface area contributed by atoms with Crippen LogP contribution in [-0.2, 0) is 0 Å². The topological polar surface area (TPSA) is 74.2 Å². The number of nitrogens with zero attached hydrogens (tertiary/aromatic N) is 3. The second-order valence-corrected chi connectivity index (χ2v) is 7.28. The van der Waals surface area contributed by atoms with Crippen LogP contribution in [-0.4, -0.2) is 34.0 Å². The molecule has 6 nitrogen and oxygen atoms in total. The Bertz CT molecular complexity index is 1240. The molecule has 0 radical (unpaired) electrons. The molecule has 2 aromatic heterocycles. The van der Waals surface area contributed by atoms with Crippen LogP contribution in [0.4, 0.5) is 5.69 Å². The van der Waals surface area contributed by atoms with Gasteiger partial charge < -0.3 is 15.0 Å². The summed E-state index contributed by atoms with van der Waals surface area (Å²) in [5.74, 6) is -0.135. The third-order valence-corrected chi connectivity index (χ3v) is 5.01. The van der Waals surface area contributed by atoms with Crippen molar-refractivity contribution in [3.8, 4) is 22.6 Å². The number of pyridine rings is 1. The highest BCUT2D eigenvalue weighted by Gasteiger charge is 2.17. The zero-order chi connectivity index (χ0) is 20.0. The van der Waals surface area contributed by atoms with Gasteiger partial charge in [0.25, 0.3) is 5.56 Å². The zero-order valence-corrected chi connectivity index (χ0v) is 16.4. The van der Waals surface area contributed by atoms with E-state index >= 15 is 0 Å². The van der Waals surface area contributed by atoms with Gasteiger partial charge in [0.2, 0.25) is 0 Å². The molecule has 0 amide bonds. The number of aromatic amines is 1. The monoisotopic (exact) mass is 394 g/mol. The third-order valence-electron chi connectivity index (χ3n) is 4.70. The number of aryl methyl sites for hydroxylation is 1. The van der Waals surface area contributed by atoms with Gasteiger partial charge in [-0.25, -0.2) is 4.68 Å². The van der Waals surface area contributed by atoms with Crippen LogP contribution in [0.25, 0.3) is 27.7 Å². The molecular formula is C21H19ClN4O2. The van der Waals surface area contributed by atoms with Gasteiger partial charge >= 0.3 is 0 Å². The first kappa shape index (κ1) is 18.1. The fraction of sp³-hybridized carbons (Fsp3) is 0.143. The summed E-state index contributed by atoms with van der Waals surface area (Å²) in [5, 5.41) is 16.1. The van der Waals surface area contributed by atoms with E-state index < -0.39 is 5.56 Å². The first-order valence-electron chi connectivity index (χ1n) is 8.74. The summed E-state index contributed by atoms with van der Waals surface area (Å²) in [5.41, 5.74) is 3.61. The second-order valence-electron chi connectivity index (χ2n) is 6.87. The average molecular weight is 395 g/mol. The molecule has 4 aromatic rings. The lowest BCUT2D eigenvalue weighted by Gasteiger charge is -2.14. The fourth-order valence-corrected chi connectivity index (χ4v) is 3.47. The van der Waals surface area contributed by atoms with E-state index in [1.807, 2.05) is 50.2 Å². The van der Waals surface area contributed by atoms with Gasteiger partial charge in [-0.3, -0.25) is 4.79 Å². The van der Waals surface area contributed by atoms with E-state index in [1.54, 1.807) is 24.4 Å². The number of rotatable bonds is 3. The zero-order valence-electron chi connectivity index (χ0n) is 15.7. The SMILES string of the molecule is Cc1ccn(-c2c(O)c3cc(-c4ccc(N(C)C)cc4)c(Cl)cc3[nH]c2=O)n1. The molecule has 2 aromatic carbocycles. The van der Waals surface area contributed by atoms with Crippen LogP contribution in [0, 0.1) is 6.92 Å². The summed E-state index contributed by atoms with van der Waals surface area (Å²) in [6.07, 6.45) is 1.64. The minimum Gasteiger partial charge on any atom is -0.505 e. The van der Waals surface area contributed by atoms with E-state index in [2.05, 4.69) is 10.1 Å². The Morgan fingerprint density at radius 3 is 2.46 bits per heavy atom. The highest BCUT2D eigenvalue weighted by molar-refractivity contribution is 6.34. The van der Waals surface area contributed by atoms with Crippen LogP contribution < -0.4 is 10.5 Å². The quantitative estimate of drug-likeness (QED) is 0.548. The maximum absolute atomic E-state index is 12.5. The Balaban J connectivity index is 1.92. The van der Waals surface area contributed by atoms with Crippen molar-refractivity contribution in [3.63, 3.8) is 0 Å². The highest BCUT2D eigenvalue weighted by Crippen LogP contribution is 2.36. The van der Waals surface area contributed by atoms with E-state index in [4.69, 9.17) is 11.6 Å². The molecule has 0 aliphatic heterocycles. The Morgan fingerprint density at radius 2 is 1.86 bits per heavy atom. The lowest BCUT2D eigenvalue weighted by Crippen LogP contribution is -2.15. The van der Waals surface area contributed by atoms with Gasteiger partial charge in [0.05, 0.1) is 16.2 Å². The number of halogens is 1. The third kappa shape index (κ3) is 3.01. The van der Waals surface area contributed by atoms with Crippen LogP contribution in [0.15, 0.2) is 53.5 Å². The summed E-state index contributed by atoms with van der Waals surface area (Å²) in [7, 11) is 3.95. The molecule has 0 fully saturated rings. The van der Waals surface area contributed by atoms with Crippen molar-refractivity contribution in [1.29, 1.82) is 0 Å². The van der Waals surface area contributed by atoms with Gasteiger partial charge in [-0.2, -0.15) is 5.10 Å². The van der Waals surface area contributed by atoms with E-state index in [0.29, 0.717) is 15.9 Å². The first-order chi connectivity index (χ1) is 13.3. The molecule has 4 rings (SSSR count). The Labute approximate surface area is 166 Å². The number of benzene rings is 2. The molecule has 0 unspecified atom stereocenters. The largest absolute Gasteiger partial charge is 0.505 e. The molecule has 0 spiro atoms. The van der Waals surface area contributed by atoms with Crippen LogP contribution in [0.3, 0.4) is 0 Å². The molecule has 28 heavy (non-hydrogen) atoms. The van der Waals surface area contributed by atoms with E-state index in [0.717, 1.165) is 22.5 Å². The normalized spacial score (nSPS) is 11.1. The average Bonchev–Trinajstić information content (AvgIpc) is 3.07. The van der Waals surface area contributed by atoms with Crippen LogP contribution >= 0.6 is 11.6 Å². The number of nitrogens with one attached hydrogen (secondary N) is 1. The Morgan fingerprint density at radius 1 is 1.14 bits per heavy atom. The summed E-state index contributed by atoms with van der Waals surface area (Å²) in [4.78, 5) is 17.3. The van der Waals surface area contributed by atoms with Gasteiger partial charge in [-0.05, 0) is 42.8 Å². The van der Waals surface area contributed by atoms with Crippen molar-refractivity contribution < 1.29 is 5.11 Å².